The zero-order valence-corrected chi connectivity index (χ0v) is 30.0. The van der Waals surface area contributed by atoms with Crippen LogP contribution in [0.3, 0.4) is 0 Å². The third kappa shape index (κ3) is 2.81. The van der Waals surface area contributed by atoms with Gasteiger partial charge in [0.2, 0.25) is 22.2 Å². The van der Waals surface area contributed by atoms with Crippen LogP contribution < -0.4 is 29.8 Å². The standard InChI is InChI=1S/C49H29N3OSi/c1-3-14-30(15-4-1)54(31-16-5-2-6-17-31)43-24-13-20-34-38-21-11-12-27-50(38)49(45(34)43)46-35-19-7-9-22-39(35)51-40-29-42-37(32-18-8-10-23-41(32)53-42)28-36(40)33-25-26-44(54)52(49)47(33)48(46)51/h1-29H/q+2. The molecule has 5 heteroatoms. The van der Waals surface area contributed by atoms with E-state index in [-0.39, 0.29) is 0 Å². The van der Waals surface area contributed by atoms with Gasteiger partial charge in [0.15, 0.2) is 14.3 Å². The fourth-order valence-corrected chi connectivity index (χ4v) is 16.4. The fourth-order valence-electron chi connectivity index (χ4n) is 11.2. The Morgan fingerprint density at radius 2 is 1.26 bits per heavy atom. The lowest BCUT2D eigenvalue weighted by molar-refractivity contribution is -0.732. The number of furan rings is 1. The Morgan fingerprint density at radius 3 is 2.09 bits per heavy atom. The average molecular weight is 704 g/mol. The quantitative estimate of drug-likeness (QED) is 0.107. The van der Waals surface area contributed by atoms with Crippen molar-refractivity contribution in [3.63, 3.8) is 0 Å². The van der Waals surface area contributed by atoms with E-state index in [9.17, 15) is 0 Å². The van der Waals surface area contributed by atoms with Crippen molar-refractivity contribution in [2.45, 2.75) is 5.66 Å². The molecule has 0 fully saturated rings. The second-order valence-electron chi connectivity index (χ2n) is 15.2. The number of hydrogen-bond donors (Lipinski definition) is 0. The molecule has 14 rings (SSSR count). The van der Waals surface area contributed by atoms with Gasteiger partial charge in [-0.3, -0.25) is 4.57 Å². The van der Waals surface area contributed by atoms with Crippen LogP contribution in [0.25, 0.3) is 71.4 Å². The minimum atomic E-state index is -2.92. The van der Waals surface area contributed by atoms with Crippen LogP contribution in [0.1, 0.15) is 11.1 Å². The molecule has 0 saturated carbocycles. The Hall–Kier alpha value is -6.82. The summed E-state index contributed by atoms with van der Waals surface area (Å²) in [6.07, 6.45) is 2.33. The Balaban J connectivity index is 1.31. The molecule has 54 heavy (non-hydrogen) atoms. The summed E-state index contributed by atoms with van der Waals surface area (Å²) in [6, 6.07) is 63.9. The van der Waals surface area contributed by atoms with Crippen molar-refractivity contribution in [2.24, 2.45) is 0 Å². The van der Waals surface area contributed by atoms with Crippen molar-refractivity contribution in [3.05, 3.63) is 187 Å². The molecule has 0 aliphatic carbocycles. The fraction of sp³-hybridized carbons (Fsp3) is 0.0204. The molecule has 1 unspecified atom stereocenters. The molecular weight excluding hydrogens is 675 g/mol. The van der Waals surface area contributed by atoms with Crippen LogP contribution in [-0.4, -0.2) is 12.6 Å². The van der Waals surface area contributed by atoms with Gasteiger partial charge in [-0.05, 0) is 52.0 Å². The van der Waals surface area contributed by atoms with Crippen molar-refractivity contribution in [1.29, 1.82) is 0 Å². The van der Waals surface area contributed by atoms with Gasteiger partial charge in [0.05, 0.1) is 28.0 Å². The van der Waals surface area contributed by atoms with Gasteiger partial charge in [-0.1, -0.05) is 109 Å². The van der Waals surface area contributed by atoms with Gasteiger partial charge in [-0.25, -0.2) is 0 Å². The van der Waals surface area contributed by atoms with Gasteiger partial charge < -0.3 is 4.42 Å². The van der Waals surface area contributed by atoms with Crippen LogP contribution in [-0.2, 0) is 5.66 Å². The van der Waals surface area contributed by atoms with E-state index >= 15 is 0 Å². The highest BCUT2D eigenvalue weighted by atomic mass is 28.3. The van der Waals surface area contributed by atoms with E-state index in [1.807, 2.05) is 0 Å². The number of nitrogens with zero attached hydrogens (tertiary/aromatic N) is 3. The summed E-state index contributed by atoms with van der Waals surface area (Å²) in [5.74, 6) is 0. The van der Waals surface area contributed by atoms with Crippen LogP contribution in [0.2, 0.25) is 0 Å². The third-order valence-corrected chi connectivity index (χ3v) is 17.8. The minimum absolute atomic E-state index is 0.628. The summed E-state index contributed by atoms with van der Waals surface area (Å²) in [7, 11) is -2.92. The predicted molar refractivity (Wildman–Crippen MR) is 218 cm³/mol. The van der Waals surface area contributed by atoms with Gasteiger partial charge >= 0.3 is 5.66 Å². The first-order valence-corrected chi connectivity index (χ1v) is 20.8. The minimum Gasteiger partial charge on any atom is -0.456 e. The number of aromatic nitrogens is 3. The highest BCUT2D eigenvalue weighted by molar-refractivity contribution is 7.20. The Morgan fingerprint density at radius 1 is 0.519 bits per heavy atom. The monoisotopic (exact) mass is 703 g/mol. The largest absolute Gasteiger partial charge is 0.456 e. The molecule has 0 amide bonds. The maximum absolute atomic E-state index is 6.58. The normalized spacial score (nSPS) is 17.1. The van der Waals surface area contributed by atoms with E-state index < -0.39 is 13.7 Å². The maximum atomic E-state index is 6.58. The molecule has 5 aromatic heterocycles. The topological polar surface area (TPSA) is 26.1 Å². The summed E-state index contributed by atoms with van der Waals surface area (Å²) in [4.78, 5) is 0. The van der Waals surface area contributed by atoms with Crippen LogP contribution >= 0.6 is 0 Å². The van der Waals surface area contributed by atoms with Crippen molar-refractivity contribution in [2.75, 3.05) is 0 Å². The number of fused-ring (bicyclic) bond motifs is 11. The second-order valence-corrected chi connectivity index (χ2v) is 18.9. The van der Waals surface area contributed by atoms with Crippen LogP contribution in [0.4, 0.5) is 0 Å². The molecule has 0 bridgehead atoms. The number of benzene rings is 6. The SMILES string of the molecule is c1ccc([Si]2(c3ccccc3)c3cccc4c3C3(c5c6ccccc6[n+]6c7cc8oc9ccccc9c8cc7c7ccc2n3c7c56)[n+]2ccccc2-4)cc1. The Bertz CT molecular complexity index is 3470. The van der Waals surface area contributed by atoms with Gasteiger partial charge in [0.25, 0.3) is 0 Å². The van der Waals surface area contributed by atoms with E-state index in [2.05, 4.69) is 190 Å². The molecule has 6 aromatic carbocycles. The highest BCUT2D eigenvalue weighted by Crippen LogP contribution is 2.54. The lowest BCUT2D eigenvalue weighted by Gasteiger charge is -2.44. The van der Waals surface area contributed by atoms with E-state index in [0.717, 1.165) is 21.9 Å². The molecule has 3 aliphatic rings. The maximum Gasteiger partial charge on any atom is 0.309 e. The molecule has 3 aliphatic heterocycles. The van der Waals surface area contributed by atoms with E-state index in [1.54, 1.807) is 0 Å². The first-order valence-electron chi connectivity index (χ1n) is 18.8. The van der Waals surface area contributed by atoms with Crippen molar-refractivity contribution < 1.29 is 13.4 Å². The zero-order valence-electron chi connectivity index (χ0n) is 29.0. The summed E-state index contributed by atoms with van der Waals surface area (Å²) in [5, 5.41) is 11.7. The van der Waals surface area contributed by atoms with Gasteiger partial charge in [0, 0.05) is 39.7 Å². The van der Waals surface area contributed by atoms with Gasteiger partial charge in [0.1, 0.15) is 22.2 Å². The molecule has 248 valence electrons. The molecule has 0 saturated heterocycles. The highest BCUT2D eigenvalue weighted by Gasteiger charge is 2.69. The lowest BCUT2D eigenvalue weighted by Crippen LogP contribution is -2.83. The summed E-state index contributed by atoms with van der Waals surface area (Å²) < 4.78 is 14.6. The van der Waals surface area contributed by atoms with E-state index in [0.29, 0.717) is 0 Å². The van der Waals surface area contributed by atoms with Crippen molar-refractivity contribution in [1.82, 2.24) is 4.57 Å². The van der Waals surface area contributed by atoms with Crippen molar-refractivity contribution in [3.8, 4) is 11.3 Å². The molecule has 0 N–H and O–H groups in total. The first kappa shape index (κ1) is 27.8. The molecule has 4 nitrogen and oxygen atoms in total. The average Bonchev–Trinajstić information content (AvgIpc) is 3.96. The first-order chi connectivity index (χ1) is 26.8. The number of hydrogen-bond acceptors (Lipinski definition) is 1. The number of para-hydroxylation sites is 2. The summed E-state index contributed by atoms with van der Waals surface area (Å²) in [6.45, 7) is 0. The smallest absolute Gasteiger partial charge is 0.309 e. The summed E-state index contributed by atoms with van der Waals surface area (Å²) >= 11 is 0. The molecule has 0 radical (unpaired) electrons. The van der Waals surface area contributed by atoms with Crippen LogP contribution in [0, 0.1) is 0 Å². The predicted octanol–water partition coefficient (Wildman–Crippen LogP) is 7.16. The van der Waals surface area contributed by atoms with E-state index in [1.165, 1.54) is 81.5 Å². The van der Waals surface area contributed by atoms with Gasteiger partial charge in [-0.15, -0.1) is 4.40 Å². The van der Waals surface area contributed by atoms with Crippen LogP contribution in [0.15, 0.2) is 180 Å². The van der Waals surface area contributed by atoms with Gasteiger partial charge in [-0.2, -0.15) is 4.57 Å². The Kier molecular flexibility index (Phi) is 4.74. The Labute approximate surface area is 310 Å². The zero-order chi connectivity index (χ0) is 34.9. The van der Waals surface area contributed by atoms with Crippen LogP contribution in [0.5, 0.6) is 0 Å². The summed E-state index contributed by atoms with van der Waals surface area (Å²) in [5.41, 5.74) is 11.5. The third-order valence-electron chi connectivity index (χ3n) is 13.0. The van der Waals surface area contributed by atoms with E-state index in [4.69, 9.17) is 4.42 Å². The molecule has 11 aromatic rings. The lowest BCUT2D eigenvalue weighted by atomic mass is 9.90. The molecular formula is C49H29N3OSi+2. The van der Waals surface area contributed by atoms with Crippen molar-refractivity contribution >= 4 is 89.1 Å². The number of pyridine rings is 3. The molecule has 1 atom stereocenters. The second kappa shape index (κ2) is 9.21. The molecule has 1 spiro atoms. The number of rotatable bonds is 2. The molecule has 8 heterocycles.